The minimum absolute atomic E-state index is 0.0204. The standard InChI is InChI=1S/C14H19NO.C3H8N2/c1-11-2-3-13-12(10-11)4-9-16-14(13)5-7-15-8-6-14;1-5-3-2-4/h2-3,10,15H,4-9H2,1H3;2-3,5H,4H2,1H3/b;3-2-. The average Bonchev–Trinajstić information content (AvgIpc) is 2.49. The maximum atomic E-state index is 6.13. The van der Waals surface area contributed by atoms with Crippen molar-refractivity contribution in [2.45, 2.75) is 31.8 Å². The van der Waals surface area contributed by atoms with Crippen LogP contribution in [0.4, 0.5) is 0 Å². The van der Waals surface area contributed by atoms with E-state index in [4.69, 9.17) is 10.5 Å². The van der Waals surface area contributed by atoms with Gasteiger partial charge in [0.2, 0.25) is 0 Å². The van der Waals surface area contributed by atoms with Crippen LogP contribution in [0.1, 0.15) is 29.5 Å². The topological polar surface area (TPSA) is 59.3 Å². The van der Waals surface area contributed by atoms with Crippen LogP contribution in [0.3, 0.4) is 0 Å². The largest absolute Gasteiger partial charge is 0.403 e. The third-order valence-corrected chi connectivity index (χ3v) is 4.18. The maximum Gasteiger partial charge on any atom is 0.0958 e. The van der Waals surface area contributed by atoms with Gasteiger partial charge in [0.25, 0.3) is 0 Å². The van der Waals surface area contributed by atoms with Crippen molar-refractivity contribution in [3.63, 3.8) is 0 Å². The van der Waals surface area contributed by atoms with Crippen molar-refractivity contribution >= 4 is 0 Å². The lowest BCUT2D eigenvalue weighted by atomic mass is 9.79. The van der Waals surface area contributed by atoms with Crippen LogP contribution in [0, 0.1) is 6.92 Å². The average molecular weight is 289 g/mol. The monoisotopic (exact) mass is 289 g/mol. The molecule has 1 saturated heterocycles. The molecule has 1 spiro atoms. The summed E-state index contributed by atoms with van der Waals surface area (Å²) in [4.78, 5) is 0. The number of benzene rings is 1. The van der Waals surface area contributed by atoms with Gasteiger partial charge in [-0.1, -0.05) is 23.8 Å². The summed E-state index contributed by atoms with van der Waals surface area (Å²) in [7, 11) is 1.80. The Labute approximate surface area is 127 Å². The number of hydrogen-bond acceptors (Lipinski definition) is 4. The van der Waals surface area contributed by atoms with Crippen molar-refractivity contribution in [2.75, 3.05) is 26.7 Å². The third kappa shape index (κ3) is 3.77. The molecule has 0 amide bonds. The molecule has 1 aromatic carbocycles. The molecule has 4 nitrogen and oxygen atoms in total. The van der Waals surface area contributed by atoms with E-state index in [0.29, 0.717) is 0 Å². The summed E-state index contributed by atoms with van der Waals surface area (Å²) in [6.45, 7) is 5.21. The zero-order chi connectivity index (χ0) is 15.1. The van der Waals surface area contributed by atoms with Gasteiger partial charge in [-0.2, -0.15) is 0 Å². The molecular formula is C17H27N3O. The fraction of sp³-hybridized carbons (Fsp3) is 0.529. The van der Waals surface area contributed by atoms with Gasteiger partial charge in [-0.25, -0.2) is 0 Å². The quantitative estimate of drug-likeness (QED) is 0.737. The van der Waals surface area contributed by atoms with Gasteiger partial charge in [-0.05, 0) is 50.4 Å². The minimum Gasteiger partial charge on any atom is -0.403 e. The van der Waals surface area contributed by atoms with Gasteiger partial charge in [-0.3, -0.25) is 0 Å². The molecule has 21 heavy (non-hydrogen) atoms. The smallest absolute Gasteiger partial charge is 0.0958 e. The molecule has 116 valence electrons. The molecule has 1 fully saturated rings. The number of piperidine rings is 1. The van der Waals surface area contributed by atoms with E-state index in [1.54, 1.807) is 13.2 Å². The number of rotatable bonds is 1. The summed E-state index contributed by atoms with van der Waals surface area (Å²) in [5, 5.41) is 6.13. The number of hydrogen-bond donors (Lipinski definition) is 3. The number of fused-ring (bicyclic) bond motifs is 2. The minimum atomic E-state index is 0.0204. The molecule has 2 aliphatic rings. The van der Waals surface area contributed by atoms with Crippen molar-refractivity contribution in [1.29, 1.82) is 0 Å². The molecule has 3 rings (SSSR count). The molecule has 0 radical (unpaired) electrons. The highest BCUT2D eigenvalue weighted by atomic mass is 16.5. The molecule has 4 heteroatoms. The lowest BCUT2D eigenvalue weighted by Gasteiger charge is -2.42. The second-order valence-electron chi connectivity index (χ2n) is 5.65. The van der Waals surface area contributed by atoms with Crippen molar-refractivity contribution in [2.24, 2.45) is 5.73 Å². The zero-order valence-electron chi connectivity index (χ0n) is 13.1. The van der Waals surface area contributed by atoms with Gasteiger partial charge in [0.05, 0.1) is 12.2 Å². The molecule has 0 aliphatic carbocycles. The van der Waals surface area contributed by atoms with Crippen molar-refractivity contribution in [3.05, 3.63) is 47.3 Å². The number of nitrogens with two attached hydrogens (primary N) is 1. The maximum absolute atomic E-state index is 6.13. The van der Waals surface area contributed by atoms with Gasteiger partial charge in [0, 0.05) is 19.4 Å². The number of ether oxygens (including phenoxy) is 1. The van der Waals surface area contributed by atoms with Crippen LogP contribution in [0.2, 0.25) is 0 Å². The fourth-order valence-corrected chi connectivity index (χ4v) is 3.15. The highest BCUT2D eigenvalue weighted by Crippen LogP contribution is 2.40. The van der Waals surface area contributed by atoms with Gasteiger partial charge in [0.1, 0.15) is 0 Å². The molecular weight excluding hydrogens is 262 g/mol. The first-order valence-corrected chi connectivity index (χ1v) is 7.70. The predicted octanol–water partition coefficient (Wildman–Crippen LogP) is 1.78. The first-order valence-electron chi connectivity index (χ1n) is 7.70. The Hall–Kier alpha value is -1.52. The Kier molecular flexibility index (Phi) is 5.65. The van der Waals surface area contributed by atoms with Crippen molar-refractivity contribution in [1.82, 2.24) is 10.6 Å². The number of nitrogens with one attached hydrogen (secondary N) is 2. The van der Waals surface area contributed by atoms with Gasteiger partial charge in [-0.15, -0.1) is 0 Å². The van der Waals surface area contributed by atoms with E-state index in [1.807, 2.05) is 0 Å². The molecule has 2 heterocycles. The van der Waals surface area contributed by atoms with Crippen LogP contribution in [-0.2, 0) is 16.8 Å². The first-order chi connectivity index (χ1) is 10.2. The molecule has 0 bridgehead atoms. The van der Waals surface area contributed by atoms with Gasteiger partial charge in [0.15, 0.2) is 0 Å². The molecule has 4 N–H and O–H groups in total. The Morgan fingerprint density at radius 1 is 1.33 bits per heavy atom. The SMILES string of the molecule is CN/C=C\N.Cc1ccc2c(c1)CCOC21CCNCC1. The van der Waals surface area contributed by atoms with Crippen LogP contribution in [0.15, 0.2) is 30.6 Å². The second kappa shape index (κ2) is 7.48. The lowest BCUT2D eigenvalue weighted by molar-refractivity contribution is -0.0802. The highest BCUT2D eigenvalue weighted by Gasteiger charge is 2.38. The Bertz CT molecular complexity index is 479. The first kappa shape index (κ1) is 15.9. The summed E-state index contributed by atoms with van der Waals surface area (Å²) >= 11 is 0. The van der Waals surface area contributed by atoms with Gasteiger partial charge >= 0.3 is 0 Å². The van der Waals surface area contributed by atoms with E-state index < -0.39 is 0 Å². The van der Waals surface area contributed by atoms with E-state index >= 15 is 0 Å². The molecule has 0 atom stereocenters. The van der Waals surface area contributed by atoms with E-state index in [2.05, 4.69) is 35.8 Å². The molecule has 0 unspecified atom stereocenters. The summed E-state index contributed by atoms with van der Waals surface area (Å²) in [5.41, 5.74) is 9.24. The Balaban J connectivity index is 0.000000282. The van der Waals surface area contributed by atoms with Crippen LogP contribution in [-0.4, -0.2) is 26.7 Å². The molecule has 0 saturated carbocycles. The second-order valence-corrected chi connectivity index (χ2v) is 5.65. The van der Waals surface area contributed by atoms with E-state index in [-0.39, 0.29) is 5.60 Å². The zero-order valence-corrected chi connectivity index (χ0v) is 13.1. The highest BCUT2D eigenvalue weighted by molar-refractivity contribution is 5.38. The summed E-state index contributed by atoms with van der Waals surface area (Å²) < 4.78 is 6.13. The lowest BCUT2D eigenvalue weighted by Crippen LogP contribution is -2.44. The van der Waals surface area contributed by atoms with E-state index in [9.17, 15) is 0 Å². The van der Waals surface area contributed by atoms with Crippen LogP contribution >= 0.6 is 0 Å². The molecule has 2 aliphatic heterocycles. The molecule has 1 aromatic rings. The third-order valence-electron chi connectivity index (χ3n) is 4.18. The van der Waals surface area contributed by atoms with Crippen LogP contribution in [0.25, 0.3) is 0 Å². The Morgan fingerprint density at radius 3 is 2.71 bits per heavy atom. The summed E-state index contributed by atoms with van der Waals surface area (Å²) in [6.07, 6.45) is 6.40. The summed E-state index contributed by atoms with van der Waals surface area (Å²) in [6, 6.07) is 6.84. The van der Waals surface area contributed by atoms with Crippen LogP contribution in [0.5, 0.6) is 0 Å². The van der Waals surface area contributed by atoms with Crippen molar-refractivity contribution < 1.29 is 4.74 Å². The normalized spacial score (nSPS) is 19.7. The molecule has 0 aromatic heterocycles. The predicted molar refractivity (Wildman–Crippen MR) is 87.0 cm³/mol. The number of aryl methyl sites for hydroxylation is 1. The van der Waals surface area contributed by atoms with Crippen LogP contribution < -0.4 is 16.4 Å². The van der Waals surface area contributed by atoms with E-state index in [0.717, 1.165) is 39.0 Å². The van der Waals surface area contributed by atoms with E-state index in [1.165, 1.54) is 22.9 Å². The van der Waals surface area contributed by atoms with Gasteiger partial charge < -0.3 is 21.1 Å². The fourth-order valence-electron chi connectivity index (χ4n) is 3.15. The Morgan fingerprint density at radius 2 is 2.10 bits per heavy atom. The summed E-state index contributed by atoms with van der Waals surface area (Å²) in [5.74, 6) is 0. The van der Waals surface area contributed by atoms with Crippen molar-refractivity contribution in [3.8, 4) is 0 Å².